The summed E-state index contributed by atoms with van der Waals surface area (Å²) >= 11 is 1.44. The van der Waals surface area contributed by atoms with Crippen LogP contribution in [-0.4, -0.2) is 30.5 Å². The van der Waals surface area contributed by atoms with Gasteiger partial charge in [-0.05, 0) is 74.9 Å². The predicted octanol–water partition coefficient (Wildman–Crippen LogP) is 8.33. The second-order valence-corrected chi connectivity index (χ2v) is 12.1. The van der Waals surface area contributed by atoms with Crippen LogP contribution in [-0.2, 0) is 6.54 Å². The lowest BCUT2D eigenvalue weighted by molar-refractivity contribution is 0.0591. The van der Waals surface area contributed by atoms with E-state index < -0.39 is 5.60 Å². The first-order valence-electron chi connectivity index (χ1n) is 14.0. The summed E-state index contributed by atoms with van der Waals surface area (Å²) < 4.78 is 11.1. The second kappa shape index (κ2) is 10.8. The zero-order valence-electron chi connectivity index (χ0n) is 24.0. The number of hydrogen-bond donors (Lipinski definition) is 3. The molecule has 0 fully saturated rings. The van der Waals surface area contributed by atoms with Crippen molar-refractivity contribution in [2.75, 3.05) is 10.0 Å². The van der Waals surface area contributed by atoms with Crippen LogP contribution in [0.2, 0.25) is 0 Å². The van der Waals surface area contributed by atoms with Crippen LogP contribution < -0.4 is 10.0 Å². The van der Waals surface area contributed by atoms with E-state index in [0.717, 1.165) is 71.8 Å². The number of aliphatic hydroxyl groups is 1. The van der Waals surface area contributed by atoms with Gasteiger partial charge < -0.3 is 19.6 Å². The molecule has 3 N–H and O–H groups in total. The van der Waals surface area contributed by atoms with Crippen LogP contribution in [0, 0.1) is 6.92 Å². The van der Waals surface area contributed by atoms with Crippen LogP contribution in [0.4, 0.5) is 17.2 Å². The molecule has 0 aliphatic heterocycles. The van der Waals surface area contributed by atoms with Gasteiger partial charge >= 0.3 is 0 Å². The number of nitrogens with one attached hydrogen (secondary N) is 2. The maximum atomic E-state index is 10.3. The number of rotatable bonds is 8. The zero-order chi connectivity index (χ0) is 29.6. The lowest BCUT2D eigenvalue weighted by Gasteiger charge is -2.18. The highest BCUT2D eigenvalue weighted by Crippen LogP contribution is 2.34. The van der Waals surface area contributed by atoms with Crippen molar-refractivity contribution in [3.63, 3.8) is 0 Å². The number of aromatic nitrogens is 4. The summed E-state index contributed by atoms with van der Waals surface area (Å²) in [5.41, 5.74) is 5.91. The molecule has 43 heavy (non-hydrogen) atoms. The van der Waals surface area contributed by atoms with Gasteiger partial charge in [-0.1, -0.05) is 24.3 Å². The van der Waals surface area contributed by atoms with E-state index in [-0.39, 0.29) is 0 Å². The molecule has 4 aromatic heterocycles. The van der Waals surface area contributed by atoms with E-state index in [9.17, 15) is 5.11 Å². The number of furan rings is 1. The number of nitrogens with zero attached hydrogens (tertiary/aromatic N) is 4. The van der Waals surface area contributed by atoms with E-state index in [0.29, 0.717) is 6.54 Å². The fraction of sp³-hybridized carbons (Fsp3) is 0.147. The molecule has 0 spiro atoms. The molecule has 0 unspecified atom stereocenters. The van der Waals surface area contributed by atoms with Crippen LogP contribution in [0.3, 0.4) is 0 Å². The molecular formula is C34H30N6O2S. The number of hydrogen-bond acceptors (Lipinski definition) is 8. The Hall–Kier alpha value is -4.86. The highest BCUT2D eigenvalue weighted by atomic mass is 32.2. The van der Waals surface area contributed by atoms with Crippen molar-refractivity contribution < 1.29 is 9.52 Å². The molecule has 0 radical (unpaired) electrons. The van der Waals surface area contributed by atoms with E-state index in [2.05, 4.69) is 39.2 Å². The molecule has 7 aromatic rings. The monoisotopic (exact) mass is 586 g/mol. The third kappa shape index (κ3) is 5.52. The van der Waals surface area contributed by atoms with Crippen molar-refractivity contribution in [2.24, 2.45) is 0 Å². The van der Waals surface area contributed by atoms with Gasteiger partial charge in [0.15, 0.2) is 5.09 Å². The predicted molar refractivity (Wildman–Crippen MR) is 175 cm³/mol. The van der Waals surface area contributed by atoms with Gasteiger partial charge in [-0.2, -0.15) is 5.10 Å². The van der Waals surface area contributed by atoms with E-state index in [1.165, 1.54) is 11.9 Å². The van der Waals surface area contributed by atoms with Gasteiger partial charge in [0, 0.05) is 68.9 Å². The van der Waals surface area contributed by atoms with E-state index in [4.69, 9.17) is 9.40 Å². The summed E-state index contributed by atoms with van der Waals surface area (Å²) in [6.07, 6.45) is 5.56. The summed E-state index contributed by atoms with van der Waals surface area (Å²) in [4.78, 5) is 9.45. The number of benzene rings is 3. The highest BCUT2D eigenvalue weighted by molar-refractivity contribution is 8.00. The van der Waals surface area contributed by atoms with Gasteiger partial charge in [-0.3, -0.25) is 9.67 Å². The first kappa shape index (κ1) is 27.0. The molecule has 4 heterocycles. The van der Waals surface area contributed by atoms with E-state index in [1.54, 1.807) is 13.8 Å². The first-order chi connectivity index (χ1) is 20.8. The molecule has 7 rings (SSSR count). The van der Waals surface area contributed by atoms with Crippen LogP contribution in [0.15, 0.2) is 107 Å². The normalized spacial score (nSPS) is 11.9. The quantitative estimate of drug-likeness (QED) is 0.153. The number of pyridine rings is 2. The van der Waals surface area contributed by atoms with Gasteiger partial charge in [0.25, 0.3) is 0 Å². The minimum Gasteiger partial charge on any atom is -0.448 e. The van der Waals surface area contributed by atoms with E-state index in [1.807, 2.05) is 90.0 Å². The zero-order valence-corrected chi connectivity index (χ0v) is 24.8. The van der Waals surface area contributed by atoms with Crippen molar-refractivity contribution in [2.45, 2.75) is 38.0 Å². The molecule has 0 amide bonds. The van der Waals surface area contributed by atoms with Crippen LogP contribution in [0.1, 0.15) is 19.4 Å². The topological polar surface area (TPSA) is 101 Å². The third-order valence-electron chi connectivity index (χ3n) is 7.37. The highest BCUT2D eigenvalue weighted by Gasteiger charge is 2.18. The van der Waals surface area contributed by atoms with Crippen molar-refractivity contribution in [1.29, 1.82) is 0 Å². The van der Waals surface area contributed by atoms with Crippen molar-refractivity contribution in [1.82, 2.24) is 19.7 Å². The third-order valence-corrected chi connectivity index (χ3v) is 8.11. The van der Waals surface area contributed by atoms with E-state index >= 15 is 0 Å². The first-order valence-corrected chi connectivity index (χ1v) is 14.8. The average Bonchev–Trinajstić information content (AvgIpc) is 3.60. The Bertz CT molecular complexity index is 2060. The molecule has 3 aromatic carbocycles. The molecular weight excluding hydrogens is 556 g/mol. The number of fused-ring (bicyclic) bond motifs is 3. The van der Waals surface area contributed by atoms with Crippen molar-refractivity contribution >= 4 is 61.8 Å². The summed E-state index contributed by atoms with van der Waals surface area (Å²) in [6, 6.07) is 26.2. The molecule has 0 aliphatic rings. The fourth-order valence-electron chi connectivity index (χ4n) is 5.28. The number of para-hydroxylation sites is 1. The minimum atomic E-state index is -0.857. The van der Waals surface area contributed by atoms with Crippen LogP contribution >= 0.6 is 11.9 Å². The second-order valence-electron chi connectivity index (χ2n) is 11.2. The lowest BCUT2D eigenvalue weighted by atomic mass is 9.98. The van der Waals surface area contributed by atoms with Gasteiger partial charge in [-0.15, -0.1) is 0 Å². The molecule has 0 saturated carbocycles. The summed E-state index contributed by atoms with van der Waals surface area (Å²) in [7, 11) is 0. The maximum Gasteiger partial charge on any atom is 0.181 e. The van der Waals surface area contributed by atoms with Crippen molar-refractivity contribution in [3.8, 4) is 11.3 Å². The Morgan fingerprint density at radius 1 is 0.884 bits per heavy atom. The van der Waals surface area contributed by atoms with Crippen LogP contribution in [0.5, 0.6) is 0 Å². The standard InChI is InChI=1S/C34H30N6O2S/c1-21-26(12-13-29-28(21)19-37-40(29)20-34(2,3)41)33-27-17-31(36-18-23(27)14-15-35-33)38-24-8-10-25(11-9-24)39-43-32-16-22-6-4-5-7-30(22)42-32/h4-19,39,41H,20H2,1-3H3,(H,36,38). The molecule has 9 heteroatoms. The summed E-state index contributed by atoms with van der Waals surface area (Å²) in [5, 5.41) is 23.2. The van der Waals surface area contributed by atoms with Gasteiger partial charge in [0.1, 0.15) is 11.4 Å². The largest absolute Gasteiger partial charge is 0.448 e. The van der Waals surface area contributed by atoms with Gasteiger partial charge in [0.2, 0.25) is 0 Å². The Morgan fingerprint density at radius 3 is 2.51 bits per heavy atom. The molecule has 0 bridgehead atoms. The smallest absolute Gasteiger partial charge is 0.181 e. The summed E-state index contributed by atoms with van der Waals surface area (Å²) in [6.45, 7) is 6.09. The minimum absolute atomic E-state index is 0.416. The Kier molecular flexibility index (Phi) is 6.76. The van der Waals surface area contributed by atoms with Gasteiger partial charge in [0.05, 0.1) is 29.6 Å². The number of aryl methyl sites for hydroxylation is 1. The molecule has 8 nitrogen and oxygen atoms in total. The molecule has 214 valence electrons. The SMILES string of the molecule is Cc1c(-c2nccc3cnc(Nc4ccc(NSc5cc6ccccc6o5)cc4)cc23)ccc2c1cnn2CC(C)(C)O. The Labute approximate surface area is 252 Å². The van der Waals surface area contributed by atoms with Gasteiger partial charge in [-0.25, -0.2) is 4.98 Å². The Balaban J connectivity index is 1.12. The molecule has 0 aliphatic carbocycles. The van der Waals surface area contributed by atoms with Crippen LogP contribution in [0.25, 0.3) is 43.9 Å². The molecule has 0 saturated heterocycles. The summed E-state index contributed by atoms with van der Waals surface area (Å²) in [5.74, 6) is 0.732. The Morgan fingerprint density at radius 2 is 1.70 bits per heavy atom. The fourth-order valence-corrected chi connectivity index (χ4v) is 5.95. The number of anilines is 3. The van der Waals surface area contributed by atoms with Crippen molar-refractivity contribution in [3.05, 3.63) is 103 Å². The lowest BCUT2D eigenvalue weighted by Crippen LogP contribution is -2.26. The maximum absolute atomic E-state index is 10.3. The molecule has 0 atom stereocenters. The average molecular weight is 587 g/mol.